The Morgan fingerprint density at radius 3 is 2.37 bits per heavy atom. The van der Waals surface area contributed by atoms with E-state index in [1.165, 1.54) is 5.56 Å². The molecule has 0 aliphatic carbocycles. The number of halogens is 1. The summed E-state index contributed by atoms with van der Waals surface area (Å²) in [4.78, 5) is 29.5. The van der Waals surface area contributed by atoms with Gasteiger partial charge in [0, 0.05) is 37.2 Å². The molecule has 2 saturated heterocycles. The molecule has 0 aromatic heterocycles. The van der Waals surface area contributed by atoms with Crippen molar-refractivity contribution in [3.05, 3.63) is 34.9 Å². The Morgan fingerprint density at radius 1 is 1.07 bits per heavy atom. The number of hydrogen-bond donors (Lipinski definition) is 1. The summed E-state index contributed by atoms with van der Waals surface area (Å²) in [6.07, 6.45) is 4.00. The molecule has 1 N–H and O–H groups in total. The Hall–Kier alpha value is -1.79. The lowest BCUT2D eigenvalue weighted by Crippen LogP contribution is -2.55. The fourth-order valence-corrected chi connectivity index (χ4v) is 4.25. The number of hydrogen-bond acceptors (Lipinski definition) is 4. The second kappa shape index (κ2) is 10.0. The van der Waals surface area contributed by atoms with Crippen molar-refractivity contribution in [1.29, 1.82) is 0 Å². The van der Waals surface area contributed by atoms with E-state index in [0.29, 0.717) is 13.0 Å². The number of piperidine rings is 2. The Kier molecular flexibility index (Phi) is 7.64. The minimum Gasteiger partial charge on any atom is -0.444 e. The Bertz CT molecular complexity index is 724. The Balaban J connectivity index is 1.49. The van der Waals surface area contributed by atoms with Gasteiger partial charge < -0.3 is 10.1 Å². The van der Waals surface area contributed by atoms with Gasteiger partial charge in [0.2, 0.25) is 5.91 Å². The molecule has 3 rings (SSSR count). The SMILES string of the molecule is CC(C)(C)OC(=O)N1CCCCC1C(=O)NC1CCN(Cc2ccc(Cl)cc2)CC1. The first kappa shape index (κ1) is 22.9. The van der Waals surface area contributed by atoms with Crippen LogP contribution in [0.1, 0.15) is 58.4 Å². The Labute approximate surface area is 184 Å². The molecule has 0 spiro atoms. The topological polar surface area (TPSA) is 61.9 Å². The van der Waals surface area contributed by atoms with Crippen molar-refractivity contribution in [1.82, 2.24) is 15.1 Å². The number of nitrogens with zero attached hydrogens (tertiary/aromatic N) is 2. The molecule has 0 bridgehead atoms. The molecule has 2 aliphatic rings. The summed E-state index contributed by atoms with van der Waals surface area (Å²) in [5.74, 6) is -0.0447. The third-order valence-corrected chi connectivity index (χ3v) is 5.94. The normalized spacial score (nSPS) is 21.3. The van der Waals surface area contributed by atoms with Gasteiger partial charge in [-0.1, -0.05) is 23.7 Å². The number of rotatable bonds is 4. The number of carbonyl (C=O) groups is 2. The molecule has 2 heterocycles. The lowest BCUT2D eigenvalue weighted by Gasteiger charge is -2.37. The van der Waals surface area contributed by atoms with Crippen LogP contribution in [0.5, 0.6) is 0 Å². The van der Waals surface area contributed by atoms with Crippen molar-refractivity contribution in [2.45, 2.75) is 77.1 Å². The predicted molar refractivity (Wildman–Crippen MR) is 118 cm³/mol. The summed E-state index contributed by atoms with van der Waals surface area (Å²) < 4.78 is 5.52. The van der Waals surface area contributed by atoms with Crippen LogP contribution in [0.25, 0.3) is 0 Å². The number of amides is 2. The zero-order chi connectivity index (χ0) is 21.7. The molecule has 2 amide bonds. The number of carbonyl (C=O) groups excluding carboxylic acids is 2. The first-order valence-electron chi connectivity index (χ1n) is 11.0. The molecule has 30 heavy (non-hydrogen) atoms. The van der Waals surface area contributed by atoms with Crippen LogP contribution in [-0.4, -0.2) is 59.1 Å². The average Bonchev–Trinajstić information content (AvgIpc) is 2.70. The van der Waals surface area contributed by atoms with E-state index in [0.717, 1.165) is 50.3 Å². The van der Waals surface area contributed by atoms with Crippen molar-refractivity contribution in [2.24, 2.45) is 0 Å². The summed E-state index contributed by atoms with van der Waals surface area (Å²) >= 11 is 5.96. The third kappa shape index (κ3) is 6.61. The molecule has 2 fully saturated rings. The third-order valence-electron chi connectivity index (χ3n) is 5.69. The minimum absolute atomic E-state index is 0.0447. The largest absolute Gasteiger partial charge is 0.444 e. The standard InChI is InChI=1S/C23H34ClN3O3/c1-23(2,3)30-22(29)27-13-5-4-6-20(27)21(28)25-19-11-14-26(15-12-19)16-17-7-9-18(24)10-8-17/h7-10,19-20H,4-6,11-16H2,1-3H3,(H,25,28). The molecule has 166 valence electrons. The van der Waals surface area contributed by atoms with Gasteiger partial charge in [-0.05, 0) is 70.6 Å². The molecule has 1 aromatic carbocycles. The highest BCUT2D eigenvalue weighted by Gasteiger charge is 2.35. The molecular weight excluding hydrogens is 402 g/mol. The fourth-order valence-electron chi connectivity index (χ4n) is 4.12. The zero-order valence-electron chi connectivity index (χ0n) is 18.3. The van der Waals surface area contributed by atoms with Crippen LogP contribution in [0.3, 0.4) is 0 Å². The van der Waals surface area contributed by atoms with Crippen LogP contribution in [0, 0.1) is 0 Å². The lowest BCUT2D eigenvalue weighted by atomic mass is 9.99. The zero-order valence-corrected chi connectivity index (χ0v) is 19.1. The van der Waals surface area contributed by atoms with E-state index in [1.54, 1.807) is 4.90 Å². The number of benzene rings is 1. The van der Waals surface area contributed by atoms with Crippen LogP contribution in [0.2, 0.25) is 5.02 Å². The second-order valence-corrected chi connectivity index (χ2v) is 9.81. The summed E-state index contributed by atoms with van der Waals surface area (Å²) in [6, 6.07) is 7.69. The van der Waals surface area contributed by atoms with Crippen LogP contribution < -0.4 is 5.32 Å². The monoisotopic (exact) mass is 435 g/mol. The second-order valence-electron chi connectivity index (χ2n) is 9.37. The van der Waals surface area contributed by atoms with Gasteiger partial charge in [-0.3, -0.25) is 14.6 Å². The summed E-state index contributed by atoms with van der Waals surface area (Å²) in [7, 11) is 0. The van der Waals surface area contributed by atoms with Crippen molar-refractivity contribution in [3.63, 3.8) is 0 Å². The van der Waals surface area contributed by atoms with Gasteiger partial charge in [-0.15, -0.1) is 0 Å². The van der Waals surface area contributed by atoms with Gasteiger partial charge in [0.25, 0.3) is 0 Å². The predicted octanol–water partition coefficient (Wildman–Crippen LogP) is 4.21. The van der Waals surface area contributed by atoms with Crippen molar-refractivity contribution in [2.75, 3.05) is 19.6 Å². The molecule has 0 radical (unpaired) electrons. The maximum atomic E-state index is 13.0. The lowest BCUT2D eigenvalue weighted by molar-refractivity contribution is -0.128. The maximum Gasteiger partial charge on any atom is 0.410 e. The quantitative estimate of drug-likeness (QED) is 0.769. The number of ether oxygens (including phenoxy) is 1. The van der Waals surface area contributed by atoms with E-state index in [1.807, 2.05) is 32.9 Å². The molecule has 1 aromatic rings. The van der Waals surface area contributed by atoms with E-state index in [-0.39, 0.29) is 18.0 Å². The van der Waals surface area contributed by atoms with Crippen molar-refractivity contribution < 1.29 is 14.3 Å². The first-order chi connectivity index (χ1) is 14.2. The smallest absolute Gasteiger partial charge is 0.410 e. The molecule has 1 atom stereocenters. The van der Waals surface area contributed by atoms with Gasteiger partial charge in [0.15, 0.2) is 0 Å². The molecule has 1 unspecified atom stereocenters. The molecule has 0 saturated carbocycles. The number of likely N-dealkylation sites (tertiary alicyclic amines) is 2. The van der Waals surface area contributed by atoms with Crippen molar-refractivity contribution in [3.8, 4) is 0 Å². The highest BCUT2D eigenvalue weighted by molar-refractivity contribution is 6.30. The number of nitrogens with one attached hydrogen (secondary N) is 1. The van der Waals surface area contributed by atoms with Gasteiger partial charge in [-0.2, -0.15) is 0 Å². The van der Waals surface area contributed by atoms with E-state index in [4.69, 9.17) is 16.3 Å². The Morgan fingerprint density at radius 2 is 1.73 bits per heavy atom. The highest BCUT2D eigenvalue weighted by atomic mass is 35.5. The average molecular weight is 436 g/mol. The van der Waals surface area contributed by atoms with Gasteiger partial charge >= 0.3 is 6.09 Å². The van der Waals surface area contributed by atoms with Crippen LogP contribution in [0.4, 0.5) is 4.79 Å². The summed E-state index contributed by atoms with van der Waals surface area (Å²) in [6.45, 7) is 8.90. The molecular formula is C23H34ClN3O3. The highest BCUT2D eigenvalue weighted by Crippen LogP contribution is 2.22. The van der Waals surface area contributed by atoms with E-state index >= 15 is 0 Å². The van der Waals surface area contributed by atoms with Crippen molar-refractivity contribution >= 4 is 23.6 Å². The molecule has 6 nitrogen and oxygen atoms in total. The fraction of sp³-hybridized carbons (Fsp3) is 0.652. The maximum absolute atomic E-state index is 13.0. The molecule has 2 aliphatic heterocycles. The van der Waals surface area contributed by atoms with E-state index in [2.05, 4.69) is 22.3 Å². The van der Waals surface area contributed by atoms with Crippen LogP contribution in [-0.2, 0) is 16.1 Å². The minimum atomic E-state index is -0.563. The first-order valence-corrected chi connectivity index (χ1v) is 11.4. The molecule has 7 heteroatoms. The van der Waals surface area contributed by atoms with Gasteiger partial charge in [-0.25, -0.2) is 4.79 Å². The van der Waals surface area contributed by atoms with Gasteiger partial charge in [0.05, 0.1) is 0 Å². The van der Waals surface area contributed by atoms with E-state index in [9.17, 15) is 9.59 Å². The van der Waals surface area contributed by atoms with Crippen LogP contribution >= 0.6 is 11.6 Å². The summed E-state index contributed by atoms with van der Waals surface area (Å²) in [5.41, 5.74) is 0.684. The van der Waals surface area contributed by atoms with Crippen LogP contribution in [0.15, 0.2) is 24.3 Å². The summed E-state index contributed by atoms with van der Waals surface area (Å²) in [5, 5.41) is 3.95. The van der Waals surface area contributed by atoms with E-state index < -0.39 is 11.6 Å². The van der Waals surface area contributed by atoms with Gasteiger partial charge in [0.1, 0.15) is 11.6 Å².